The van der Waals surface area contributed by atoms with Crippen molar-refractivity contribution in [2.75, 3.05) is 13.2 Å². The minimum atomic E-state index is 0.204. The summed E-state index contributed by atoms with van der Waals surface area (Å²) in [6, 6.07) is 5.89. The summed E-state index contributed by atoms with van der Waals surface area (Å²) in [7, 11) is 0. The third kappa shape index (κ3) is 2.08. The van der Waals surface area contributed by atoms with E-state index in [0.717, 1.165) is 15.8 Å². The molecule has 0 unspecified atom stereocenters. The predicted molar refractivity (Wildman–Crippen MR) is 57.3 cm³/mol. The highest BCUT2D eigenvalue weighted by Gasteiger charge is 2.20. The summed E-state index contributed by atoms with van der Waals surface area (Å²) in [5, 5.41) is 0. The molecule has 14 heavy (non-hydrogen) atoms. The Labute approximate surface area is 91.3 Å². The molecule has 3 nitrogen and oxygen atoms in total. The van der Waals surface area contributed by atoms with Crippen LogP contribution >= 0.6 is 15.9 Å². The normalized spacial score (nSPS) is 16.4. The van der Waals surface area contributed by atoms with Gasteiger partial charge in [0.25, 0.3) is 0 Å². The van der Waals surface area contributed by atoms with Crippen LogP contribution < -0.4 is 10.5 Å². The van der Waals surface area contributed by atoms with Crippen molar-refractivity contribution in [3.63, 3.8) is 0 Å². The first-order valence-electron chi connectivity index (χ1n) is 4.52. The summed E-state index contributed by atoms with van der Waals surface area (Å²) in [5.41, 5.74) is 6.62. The molecule has 1 aliphatic rings. The molecule has 0 atom stereocenters. The van der Waals surface area contributed by atoms with Crippen molar-refractivity contribution in [2.24, 2.45) is 5.73 Å². The van der Waals surface area contributed by atoms with Gasteiger partial charge in [0.15, 0.2) is 0 Å². The molecule has 1 fully saturated rings. The number of halogens is 1. The Morgan fingerprint density at radius 2 is 2.29 bits per heavy atom. The van der Waals surface area contributed by atoms with Gasteiger partial charge in [-0.2, -0.15) is 0 Å². The van der Waals surface area contributed by atoms with Crippen molar-refractivity contribution in [2.45, 2.75) is 12.6 Å². The van der Waals surface area contributed by atoms with Gasteiger partial charge < -0.3 is 15.2 Å². The van der Waals surface area contributed by atoms with Crippen LogP contribution in [-0.4, -0.2) is 19.3 Å². The highest BCUT2D eigenvalue weighted by Crippen LogP contribution is 2.27. The highest BCUT2D eigenvalue weighted by atomic mass is 79.9. The molecule has 1 aliphatic heterocycles. The van der Waals surface area contributed by atoms with Gasteiger partial charge in [-0.3, -0.25) is 0 Å². The van der Waals surface area contributed by atoms with Gasteiger partial charge in [0.2, 0.25) is 0 Å². The van der Waals surface area contributed by atoms with E-state index in [-0.39, 0.29) is 6.10 Å². The van der Waals surface area contributed by atoms with E-state index < -0.39 is 0 Å². The summed E-state index contributed by atoms with van der Waals surface area (Å²) >= 11 is 3.45. The fraction of sp³-hybridized carbons (Fsp3) is 0.400. The molecule has 76 valence electrons. The van der Waals surface area contributed by atoms with Crippen LogP contribution in [0.3, 0.4) is 0 Å². The van der Waals surface area contributed by atoms with Crippen molar-refractivity contribution >= 4 is 15.9 Å². The minimum Gasteiger partial charge on any atom is -0.484 e. The second kappa shape index (κ2) is 4.29. The Morgan fingerprint density at radius 3 is 2.79 bits per heavy atom. The van der Waals surface area contributed by atoms with Crippen LogP contribution in [0, 0.1) is 0 Å². The number of rotatable bonds is 3. The van der Waals surface area contributed by atoms with Gasteiger partial charge >= 0.3 is 0 Å². The summed E-state index contributed by atoms with van der Waals surface area (Å²) in [4.78, 5) is 0. The van der Waals surface area contributed by atoms with Crippen LogP contribution in [0.25, 0.3) is 0 Å². The summed E-state index contributed by atoms with van der Waals surface area (Å²) < 4.78 is 11.7. The van der Waals surface area contributed by atoms with E-state index in [1.54, 1.807) is 0 Å². The van der Waals surface area contributed by atoms with Crippen LogP contribution in [0.15, 0.2) is 22.7 Å². The fourth-order valence-corrected chi connectivity index (χ4v) is 1.75. The average Bonchev–Trinajstić information content (AvgIpc) is 2.13. The van der Waals surface area contributed by atoms with E-state index in [1.165, 1.54) is 0 Å². The van der Waals surface area contributed by atoms with Crippen LogP contribution in [-0.2, 0) is 11.3 Å². The number of benzene rings is 1. The van der Waals surface area contributed by atoms with Crippen molar-refractivity contribution in [1.29, 1.82) is 0 Å². The Kier molecular flexibility index (Phi) is 3.05. The Balaban J connectivity index is 2.09. The number of ether oxygens (including phenoxy) is 2. The first-order valence-corrected chi connectivity index (χ1v) is 5.32. The van der Waals surface area contributed by atoms with Crippen molar-refractivity contribution < 1.29 is 9.47 Å². The molecule has 0 amide bonds. The molecule has 0 saturated carbocycles. The van der Waals surface area contributed by atoms with E-state index in [1.807, 2.05) is 18.2 Å². The van der Waals surface area contributed by atoms with Crippen molar-refractivity contribution in [3.05, 3.63) is 28.2 Å². The first kappa shape index (κ1) is 9.96. The second-order valence-electron chi connectivity index (χ2n) is 3.25. The van der Waals surface area contributed by atoms with Crippen LogP contribution in [0.1, 0.15) is 5.56 Å². The van der Waals surface area contributed by atoms with E-state index in [2.05, 4.69) is 15.9 Å². The monoisotopic (exact) mass is 257 g/mol. The van der Waals surface area contributed by atoms with Gasteiger partial charge in [-0.25, -0.2) is 0 Å². The molecule has 0 bridgehead atoms. The van der Waals surface area contributed by atoms with Gasteiger partial charge in [0.1, 0.15) is 11.9 Å². The molecule has 1 saturated heterocycles. The fourth-order valence-electron chi connectivity index (χ4n) is 1.23. The topological polar surface area (TPSA) is 44.5 Å². The lowest BCUT2D eigenvalue weighted by molar-refractivity contribution is -0.0799. The number of hydrogen-bond acceptors (Lipinski definition) is 3. The van der Waals surface area contributed by atoms with Gasteiger partial charge in [-0.05, 0) is 33.6 Å². The van der Waals surface area contributed by atoms with E-state index >= 15 is 0 Å². The largest absolute Gasteiger partial charge is 0.484 e. The predicted octanol–water partition coefficient (Wildman–Crippen LogP) is 1.69. The molecule has 4 heteroatoms. The van der Waals surface area contributed by atoms with E-state index in [4.69, 9.17) is 15.2 Å². The third-order valence-electron chi connectivity index (χ3n) is 2.13. The van der Waals surface area contributed by atoms with E-state index in [9.17, 15) is 0 Å². The summed E-state index contributed by atoms with van der Waals surface area (Å²) in [5.74, 6) is 0.857. The molecule has 2 rings (SSSR count). The SMILES string of the molecule is NCc1ccc(OC2COC2)c(Br)c1. The maximum absolute atomic E-state index is 5.67. The standard InChI is InChI=1S/C10H12BrNO2/c11-9-3-7(4-12)1-2-10(9)14-8-5-13-6-8/h1-3,8H,4-6,12H2. The lowest BCUT2D eigenvalue weighted by Gasteiger charge is -2.27. The summed E-state index contributed by atoms with van der Waals surface area (Å²) in [6.45, 7) is 1.92. The molecule has 1 aromatic rings. The van der Waals surface area contributed by atoms with Gasteiger partial charge in [0.05, 0.1) is 17.7 Å². The maximum Gasteiger partial charge on any atom is 0.145 e. The quantitative estimate of drug-likeness (QED) is 0.897. The Morgan fingerprint density at radius 1 is 1.50 bits per heavy atom. The number of hydrogen-bond donors (Lipinski definition) is 1. The molecular weight excluding hydrogens is 246 g/mol. The molecule has 0 radical (unpaired) electrons. The molecule has 2 N–H and O–H groups in total. The molecule has 0 aromatic heterocycles. The summed E-state index contributed by atoms with van der Waals surface area (Å²) in [6.07, 6.45) is 0.204. The highest BCUT2D eigenvalue weighted by molar-refractivity contribution is 9.10. The van der Waals surface area contributed by atoms with Crippen molar-refractivity contribution in [1.82, 2.24) is 0 Å². The Bertz CT molecular complexity index is 326. The molecule has 0 aliphatic carbocycles. The minimum absolute atomic E-state index is 0.204. The molecular formula is C10H12BrNO2. The third-order valence-corrected chi connectivity index (χ3v) is 2.75. The Hall–Kier alpha value is -0.580. The van der Waals surface area contributed by atoms with Crippen LogP contribution in [0.4, 0.5) is 0 Å². The zero-order chi connectivity index (χ0) is 9.97. The molecule has 1 aromatic carbocycles. The van der Waals surface area contributed by atoms with E-state index in [0.29, 0.717) is 19.8 Å². The lowest BCUT2D eigenvalue weighted by Crippen LogP contribution is -2.38. The van der Waals surface area contributed by atoms with Crippen LogP contribution in [0.5, 0.6) is 5.75 Å². The van der Waals surface area contributed by atoms with Crippen LogP contribution in [0.2, 0.25) is 0 Å². The number of nitrogens with two attached hydrogens (primary N) is 1. The second-order valence-corrected chi connectivity index (χ2v) is 4.10. The van der Waals surface area contributed by atoms with Crippen molar-refractivity contribution in [3.8, 4) is 5.75 Å². The molecule has 1 heterocycles. The molecule has 0 spiro atoms. The van der Waals surface area contributed by atoms with Gasteiger partial charge in [-0.1, -0.05) is 6.07 Å². The lowest BCUT2D eigenvalue weighted by atomic mass is 10.2. The van der Waals surface area contributed by atoms with Gasteiger partial charge in [0, 0.05) is 6.54 Å². The zero-order valence-electron chi connectivity index (χ0n) is 7.70. The first-order chi connectivity index (χ1) is 6.79. The zero-order valence-corrected chi connectivity index (χ0v) is 9.29. The van der Waals surface area contributed by atoms with Gasteiger partial charge in [-0.15, -0.1) is 0 Å². The average molecular weight is 258 g/mol. The maximum atomic E-state index is 5.67. The smallest absolute Gasteiger partial charge is 0.145 e.